The van der Waals surface area contributed by atoms with E-state index in [1.54, 1.807) is 0 Å². The topological polar surface area (TPSA) is 38.7 Å². The standard InChI is InChI=1S/C22H38O3/c1-7-24-17(3)25-21(4,5)14-8-10-16(2)18-12-13-19-20(23)11-9-15-22(18,19)6/h16-20,23H,7,9-13,15H2,1-6H3/t16-,17?,18+,19+,20-,22+/m0/s1. The highest BCUT2D eigenvalue weighted by atomic mass is 16.7. The number of aliphatic hydroxyl groups excluding tert-OH is 1. The van der Waals surface area contributed by atoms with Gasteiger partial charge >= 0.3 is 0 Å². The van der Waals surface area contributed by atoms with E-state index in [4.69, 9.17) is 9.47 Å². The highest BCUT2D eigenvalue weighted by Gasteiger charge is 2.51. The second kappa shape index (κ2) is 8.42. The van der Waals surface area contributed by atoms with E-state index in [0.29, 0.717) is 29.8 Å². The van der Waals surface area contributed by atoms with Crippen LogP contribution >= 0.6 is 0 Å². The second-order valence-corrected chi connectivity index (χ2v) is 8.89. The fraction of sp³-hybridized carbons (Fsp3) is 0.909. The molecule has 0 radical (unpaired) electrons. The maximum absolute atomic E-state index is 10.4. The summed E-state index contributed by atoms with van der Waals surface area (Å²) in [4.78, 5) is 0. The molecule has 1 unspecified atom stereocenters. The SMILES string of the molecule is CCOC(C)OC(C)(C)C#CC[C@H](C)[C@H]1CC[C@@H]2[C@@H](O)CCC[C@]12C. The normalized spacial score (nSPS) is 34.8. The van der Waals surface area contributed by atoms with Crippen LogP contribution in [0.1, 0.15) is 80.1 Å². The summed E-state index contributed by atoms with van der Waals surface area (Å²) in [7, 11) is 0. The van der Waals surface area contributed by atoms with Crippen molar-refractivity contribution in [3.05, 3.63) is 0 Å². The predicted octanol–water partition coefficient (Wildman–Crippen LogP) is 4.77. The smallest absolute Gasteiger partial charge is 0.156 e. The number of hydrogen-bond donors (Lipinski definition) is 1. The molecule has 3 heteroatoms. The summed E-state index contributed by atoms with van der Waals surface area (Å²) in [5.41, 5.74) is -0.189. The first-order valence-electron chi connectivity index (χ1n) is 10.2. The van der Waals surface area contributed by atoms with E-state index < -0.39 is 5.60 Å². The first-order valence-corrected chi connectivity index (χ1v) is 10.2. The molecule has 2 saturated carbocycles. The van der Waals surface area contributed by atoms with E-state index in [1.165, 1.54) is 25.7 Å². The van der Waals surface area contributed by atoms with E-state index >= 15 is 0 Å². The Kier molecular flexibility index (Phi) is 6.99. The zero-order chi connectivity index (χ0) is 18.7. The Balaban J connectivity index is 1.93. The van der Waals surface area contributed by atoms with E-state index in [9.17, 15) is 5.11 Å². The van der Waals surface area contributed by atoms with Gasteiger partial charge in [0.25, 0.3) is 0 Å². The van der Waals surface area contributed by atoms with Gasteiger partial charge in [-0.1, -0.05) is 32.1 Å². The molecule has 3 nitrogen and oxygen atoms in total. The third-order valence-corrected chi connectivity index (χ3v) is 6.52. The fourth-order valence-corrected chi connectivity index (χ4v) is 5.40. The van der Waals surface area contributed by atoms with Gasteiger partial charge in [0, 0.05) is 13.0 Å². The number of rotatable bonds is 6. The summed E-state index contributed by atoms with van der Waals surface area (Å²) in [6.07, 6.45) is 6.42. The molecule has 2 fully saturated rings. The predicted molar refractivity (Wildman–Crippen MR) is 102 cm³/mol. The molecule has 0 aromatic heterocycles. The molecule has 0 aromatic rings. The Labute approximate surface area is 154 Å². The lowest BCUT2D eigenvalue weighted by molar-refractivity contribution is -0.169. The van der Waals surface area contributed by atoms with Gasteiger partial charge in [-0.15, -0.1) is 0 Å². The highest BCUT2D eigenvalue weighted by Crippen LogP contribution is 2.58. The van der Waals surface area contributed by atoms with E-state index in [-0.39, 0.29) is 12.4 Å². The van der Waals surface area contributed by atoms with Crippen molar-refractivity contribution < 1.29 is 14.6 Å². The molecule has 144 valence electrons. The van der Waals surface area contributed by atoms with Crippen LogP contribution in [0.5, 0.6) is 0 Å². The second-order valence-electron chi connectivity index (χ2n) is 8.89. The Morgan fingerprint density at radius 1 is 1.24 bits per heavy atom. The first-order chi connectivity index (χ1) is 11.7. The third kappa shape index (κ3) is 5.00. The van der Waals surface area contributed by atoms with Gasteiger partial charge < -0.3 is 14.6 Å². The summed E-state index contributed by atoms with van der Waals surface area (Å²) in [5.74, 6) is 8.41. The van der Waals surface area contributed by atoms with Crippen LogP contribution in [-0.4, -0.2) is 29.7 Å². The van der Waals surface area contributed by atoms with Crippen LogP contribution in [0.15, 0.2) is 0 Å². The molecule has 0 bridgehead atoms. The summed E-state index contributed by atoms with van der Waals surface area (Å²) < 4.78 is 11.3. The van der Waals surface area contributed by atoms with Gasteiger partial charge in [-0.3, -0.25) is 0 Å². The third-order valence-electron chi connectivity index (χ3n) is 6.52. The minimum Gasteiger partial charge on any atom is -0.393 e. The van der Waals surface area contributed by atoms with Crippen molar-refractivity contribution in [2.75, 3.05) is 6.61 Å². The van der Waals surface area contributed by atoms with Gasteiger partial charge in [-0.05, 0) is 76.5 Å². The minimum absolute atomic E-state index is 0.0885. The van der Waals surface area contributed by atoms with Crippen molar-refractivity contribution in [2.24, 2.45) is 23.2 Å². The molecule has 2 aliphatic rings. The van der Waals surface area contributed by atoms with Crippen LogP contribution in [-0.2, 0) is 9.47 Å². The number of hydrogen-bond acceptors (Lipinski definition) is 3. The van der Waals surface area contributed by atoms with Crippen LogP contribution in [0.4, 0.5) is 0 Å². The van der Waals surface area contributed by atoms with E-state index in [1.807, 2.05) is 27.7 Å². The summed E-state index contributed by atoms with van der Waals surface area (Å²) in [6, 6.07) is 0. The van der Waals surface area contributed by atoms with Crippen molar-refractivity contribution in [2.45, 2.75) is 98.1 Å². The average Bonchev–Trinajstić information content (AvgIpc) is 2.85. The number of ether oxygens (including phenoxy) is 2. The van der Waals surface area contributed by atoms with Crippen molar-refractivity contribution in [1.29, 1.82) is 0 Å². The number of fused-ring (bicyclic) bond motifs is 1. The monoisotopic (exact) mass is 350 g/mol. The van der Waals surface area contributed by atoms with Crippen molar-refractivity contribution in [3.8, 4) is 11.8 Å². The molecule has 0 saturated heterocycles. The van der Waals surface area contributed by atoms with E-state index in [2.05, 4.69) is 25.7 Å². The van der Waals surface area contributed by atoms with Crippen LogP contribution in [0.2, 0.25) is 0 Å². The molecule has 1 N–H and O–H groups in total. The Morgan fingerprint density at radius 2 is 1.96 bits per heavy atom. The lowest BCUT2D eigenvalue weighted by atomic mass is 9.61. The summed E-state index contributed by atoms with van der Waals surface area (Å²) in [5, 5.41) is 10.4. The highest BCUT2D eigenvalue weighted by molar-refractivity contribution is 5.12. The Hall–Kier alpha value is -0.560. The molecule has 0 heterocycles. The molecule has 25 heavy (non-hydrogen) atoms. The van der Waals surface area contributed by atoms with Crippen LogP contribution < -0.4 is 0 Å². The quantitative estimate of drug-likeness (QED) is 0.554. The Bertz CT molecular complexity index is 489. The first kappa shape index (κ1) is 20.7. The molecule has 6 atom stereocenters. The molecular formula is C22H38O3. The molecular weight excluding hydrogens is 312 g/mol. The van der Waals surface area contributed by atoms with Crippen molar-refractivity contribution in [3.63, 3.8) is 0 Å². The molecule has 0 aliphatic heterocycles. The van der Waals surface area contributed by atoms with Gasteiger partial charge in [0.2, 0.25) is 0 Å². The maximum Gasteiger partial charge on any atom is 0.156 e. The minimum atomic E-state index is -0.489. The molecule has 2 aliphatic carbocycles. The van der Waals surface area contributed by atoms with Gasteiger partial charge in [0.15, 0.2) is 6.29 Å². The Morgan fingerprint density at radius 3 is 2.64 bits per heavy atom. The fourth-order valence-electron chi connectivity index (χ4n) is 5.40. The average molecular weight is 351 g/mol. The van der Waals surface area contributed by atoms with Gasteiger partial charge in [0.05, 0.1) is 6.10 Å². The van der Waals surface area contributed by atoms with E-state index in [0.717, 1.165) is 12.8 Å². The molecule has 0 amide bonds. The van der Waals surface area contributed by atoms with Crippen molar-refractivity contribution in [1.82, 2.24) is 0 Å². The zero-order valence-corrected chi connectivity index (χ0v) is 17.1. The lowest BCUT2D eigenvalue weighted by Crippen LogP contribution is -2.41. The lowest BCUT2D eigenvalue weighted by Gasteiger charge is -2.45. The summed E-state index contributed by atoms with van der Waals surface area (Å²) in [6.45, 7) is 13.3. The molecule has 0 aromatic carbocycles. The van der Waals surface area contributed by atoms with Gasteiger partial charge in [-0.2, -0.15) is 0 Å². The number of aliphatic hydroxyl groups is 1. The van der Waals surface area contributed by atoms with Gasteiger partial charge in [-0.25, -0.2) is 0 Å². The molecule has 2 rings (SSSR count). The zero-order valence-electron chi connectivity index (χ0n) is 17.1. The largest absolute Gasteiger partial charge is 0.393 e. The molecule has 0 spiro atoms. The van der Waals surface area contributed by atoms with Crippen molar-refractivity contribution >= 4 is 0 Å². The maximum atomic E-state index is 10.4. The summed E-state index contributed by atoms with van der Waals surface area (Å²) >= 11 is 0. The van der Waals surface area contributed by atoms with Gasteiger partial charge in [0.1, 0.15) is 5.60 Å². The van der Waals surface area contributed by atoms with Crippen LogP contribution in [0.25, 0.3) is 0 Å². The van der Waals surface area contributed by atoms with Crippen LogP contribution in [0.3, 0.4) is 0 Å². The van der Waals surface area contributed by atoms with Crippen LogP contribution in [0, 0.1) is 35.0 Å².